The zero-order valence-electron chi connectivity index (χ0n) is 11.4. The largest absolute Gasteiger partial charge is 0.433 e. The number of pyridine rings is 1. The van der Waals surface area contributed by atoms with E-state index in [1.54, 1.807) is 6.07 Å². The van der Waals surface area contributed by atoms with Gasteiger partial charge in [-0.2, -0.15) is 13.2 Å². The van der Waals surface area contributed by atoms with Crippen LogP contribution in [-0.4, -0.2) is 48.7 Å². The summed E-state index contributed by atoms with van der Waals surface area (Å²) in [6.07, 6.45) is -4.11. The van der Waals surface area contributed by atoms with Crippen LogP contribution in [0, 0.1) is 0 Å². The molecule has 1 aromatic rings. The van der Waals surface area contributed by atoms with Gasteiger partial charge in [0.05, 0.1) is 13.2 Å². The SMILES string of the molecule is NC(=NCCc1cccc(C(F)(F)F)n1)N1CCOCC1. The third-order valence-electron chi connectivity index (χ3n) is 3.07. The highest BCUT2D eigenvalue weighted by Gasteiger charge is 2.32. The summed E-state index contributed by atoms with van der Waals surface area (Å²) < 4.78 is 42.8. The van der Waals surface area contributed by atoms with E-state index >= 15 is 0 Å². The average Bonchev–Trinajstić information content (AvgIpc) is 2.47. The fraction of sp³-hybridized carbons (Fsp3) is 0.538. The molecule has 0 amide bonds. The van der Waals surface area contributed by atoms with Gasteiger partial charge >= 0.3 is 6.18 Å². The lowest BCUT2D eigenvalue weighted by Gasteiger charge is -2.27. The van der Waals surface area contributed by atoms with Crippen LogP contribution >= 0.6 is 0 Å². The summed E-state index contributed by atoms with van der Waals surface area (Å²) in [6.45, 7) is 2.86. The molecule has 116 valence electrons. The molecule has 0 saturated carbocycles. The van der Waals surface area contributed by atoms with Gasteiger partial charge < -0.3 is 15.4 Å². The molecule has 1 saturated heterocycles. The van der Waals surface area contributed by atoms with Crippen LogP contribution in [0.3, 0.4) is 0 Å². The van der Waals surface area contributed by atoms with Gasteiger partial charge in [0.25, 0.3) is 0 Å². The standard InChI is InChI=1S/C13H17F3N4O/c14-13(15,16)11-3-1-2-10(19-11)4-5-18-12(17)20-6-8-21-9-7-20/h1-3H,4-9H2,(H2,17,18). The van der Waals surface area contributed by atoms with Gasteiger partial charge in [-0.15, -0.1) is 0 Å². The molecule has 0 aliphatic carbocycles. The number of hydrogen-bond donors (Lipinski definition) is 1. The van der Waals surface area contributed by atoms with E-state index in [1.807, 2.05) is 4.90 Å². The molecule has 2 heterocycles. The zero-order chi connectivity index (χ0) is 15.3. The van der Waals surface area contributed by atoms with Crippen molar-refractivity contribution in [2.45, 2.75) is 12.6 Å². The third kappa shape index (κ3) is 4.59. The van der Waals surface area contributed by atoms with Gasteiger partial charge in [-0.1, -0.05) is 6.07 Å². The number of aliphatic imine (C=N–C) groups is 1. The topological polar surface area (TPSA) is 63.7 Å². The Hall–Kier alpha value is -1.83. The second-order valence-corrected chi connectivity index (χ2v) is 4.60. The maximum absolute atomic E-state index is 12.5. The highest BCUT2D eigenvalue weighted by atomic mass is 19.4. The maximum atomic E-state index is 12.5. The predicted octanol–water partition coefficient (Wildman–Crippen LogP) is 1.29. The molecule has 0 aromatic carbocycles. The van der Waals surface area contributed by atoms with Gasteiger partial charge in [0.15, 0.2) is 5.96 Å². The zero-order valence-corrected chi connectivity index (χ0v) is 11.4. The summed E-state index contributed by atoms with van der Waals surface area (Å²) in [5.74, 6) is 0.394. The van der Waals surface area contributed by atoms with E-state index in [9.17, 15) is 13.2 Å². The summed E-state index contributed by atoms with van der Waals surface area (Å²) >= 11 is 0. The highest BCUT2D eigenvalue weighted by molar-refractivity contribution is 5.78. The molecule has 2 N–H and O–H groups in total. The van der Waals surface area contributed by atoms with Crippen molar-refractivity contribution in [2.75, 3.05) is 32.8 Å². The molecule has 0 radical (unpaired) electrons. The lowest BCUT2D eigenvalue weighted by atomic mass is 10.2. The summed E-state index contributed by atoms with van der Waals surface area (Å²) in [7, 11) is 0. The van der Waals surface area contributed by atoms with Crippen LogP contribution in [0.1, 0.15) is 11.4 Å². The van der Waals surface area contributed by atoms with E-state index in [0.717, 1.165) is 6.07 Å². The lowest BCUT2D eigenvalue weighted by Crippen LogP contribution is -2.44. The van der Waals surface area contributed by atoms with Crippen molar-refractivity contribution in [3.63, 3.8) is 0 Å². The molecule has 1 aliphatic heterocycles. The number of aromatic nitrogens is 1. The third-order valence-corrected chi connectivity index (χ3v) is 3.07. The lowest BCUT2D eigenvalue weighted by molar-refractivity contribution is -0.141. The normalized spacial score (nSPS) is 17.1. The minimum Gasteiger partial charge on any atom is -0.378 e. The molecule has 0 atom stereocenters. The molecule has 5 nitrogen and oxygen atoms in total. The number of nitrogens with two attached hydrogens (primary N) is 1. The molecule has 2 rings (SSSR count). The fourth-order valence-corrected chi connectivity index (χ4v) is 1.95. The minimum atomic E-state index is -4.42. The van der Waals surface area contributed by atoms with Crippen molar-refractivity contribution in [1.82, 2.24) is 9.88 Å². The highest BCUT2D eigenvalue weighted by Crippen LogP contribution is 2.27. The van der Waals surface area contributed by atoms with Crippen LogP contribution in [0.25, 0.3) is 0 Å². The summed E-state index contributed by atoms with van der Waals surface area (Å²) in [5, 5.41) is 0. The van der Waals surface area contributed by atoms with Crippen LogP contribution in [0.2, 0.25) is 0 Å². The van der Waals surface area contributed by atoms with Crippen molar-refractivity contribution in [3.8, 4) is 0 Å². The van der Waals surface area contributed by atoms with Crippen LogP contribution in [0.4, 0.5) is 13.2 Å². The molecule has 1 fully saturated rings. The first kappa shape index (κ1) is 15.6. The Bertz CT molecular complexity index is 498. The Kier molecular flexibility index (Phi) is 5.00. The smallest absolute Gasteiger partial charge is 0.378 e. The summed E-state index contributed by atoms with van der Waals surface area (Å²) in [6, 6.07) is 3.85. The van der Waals surface area contributed by atoms with Gasteiger partial charge in [0.1, 0.15) is 5.69 Å². The van der Waals surface area contributed by atoms with Crippen LogP contribution in [-0.2, 0) is 17.3 Å². The van der Waals surface area contributed by atoms with E-state index in [1.165, 1.54) is 6.07 Å². The Morgan fingerprint density at radius 1 is 1.33 bits per heavy atom. The van der Waals surface area contributed by atoms with Crippen molar-refractivity contribution < 1.29 is 17.9 Å². The second-order valence-electron chi connectivity index (χ2n) is 4.60. The first-order chi connectivity index (χ1) is 9.97. The molecule has 0 unspecified atom stereocenters. The number of nitrogens with zero attached hydrogens (tertiary/aromatic N) is 3. The molecular weight excluding hydrogens is 285 g/mol. The summed E-state index contributed by atoms with van der Waals surface area (Å²) in [4.78, 5) is 9.66. The van der Waals surface area contributed by atoms with E-state index in [0.29, 0.717) is 50.9 Å². The molecule has 21 heavy (non-hydrogen) atoms. The van der Waals surface area contributed by atoms with Crippen molar-refractivity contribution >= 4 is 5.96 Å². The molecule has 1 aliphatic rings. The molecule has 0 spiro atoms. The predicted molar refractivity (Wildman–Crippen MR) is 71.8 cm³/mol. The number of morpholine rings is 1. The van der Waals surface area contributed by atoms with Crippen LogP contribution < -0.4 is 5.73 Å². The van der Waals surface area contributed by atoms with Crippen LogP contribution in [0.15, 0.2) is 23.2 Å². The van der Waals surface area contributed by atoms with Gasteiger partial charge in [-0.05, 0) is 12.1 Å². The maximum Gasteiger partial charge on any atom is 0.433 e. The quantitative estimate of drug-likeness (QED) is 0.675. The van der Waals surface area contributed by atoms with Crippen molar-refractivity contribution in [1.29, 1.82) is 0 Å². The minimum absolute atomic E-state index is 0.303. The van der Waals surface area contributed by atoms with Crippen molar-refractivity contribution in [3.05, 3.63) is 29.6 Å². The van der Waals surface area contributed by atoms with Crippen molar-refractivity contribution in [2.24, 2.45) is 10.7 Å². The fourth-order valence-electron chi connectivity index (χ4n) is 1.95. The molecule has 1 aromatic heterocycles. The number of hydrogen-bond acceptors (Lipinski definition) is 3. The van der Waals surface area contributed by atoms with E-state index < -0.39 is 11.9 Å². The van der Waals surface area contributed by atoms with Gasteiger partial charge in [0.2, 0.25) is 0 Å². The molecular formula is C13H17F3N4O. The first-order valence-electron chi connectivity index (χ1n) is 6.62. The Morgan fingerprint density at radius 2 is 2.05 bits per heavy atom. The van der Waals surface area contributed by atoms with Gasteiger partial charge in [0, 0.05) is 31.7 Å². The number of halogens is 3. The first-order valence-corrected chi connectivity index (χ1v) is 6.62. The Morgan fingerprint density at radius 3 is 2.71 bits per heavy atom. The number of ether oxygens (including phenoxy) is 1. The molecule has 8 heteroatoms. The van der Waals surface area contributed by atoms with Gasteiger partial charge in [-0.3, -0.25) is 4.99 Å². The second kappa shape index (κ2) is 6.75. The summed E-state index contributed by atoms with van der Waals surface area (Å²) in [5.41, 5.74) is 5.30. The number of guanidine groups is 1. The average molecular weight is 302 g/mol. The molecule has 0 bridgehead atoms. The monoisotopic (exact) mass is 302 g/mol. The van der Waals surface area contributed by atoms with Gasteiger partial charge in [-0.25, -0.2) is 4.98 Å². The van der Waals surface area contributed by atoms with E-state index in [4.69, 9.17) is 10.5 Å². The Balaban J connectivity index is 1.90. The van der Waals surface area contributed by atoms with Crippen LogP contribution in [0.5, 0.6) is 0 Å². The number of rotatable bonds is 3. The van der Waals surface area contributed by atoms with E-state index in [2.05, 4.69) is 9.98 Å². The number of alkyl halides is 3. The van der Waals surface area contributed by atoms with E-state index in [-0.39, 0.29) is 0 Å². The Labute approximate surface area is 120 Å².